The topological polar surface area (TPSA) is 35.5 Å². The van der Waals surface area contributed by atoms with Gasteiger partial charge in [0, 0.05) is 10.9 Å². The molecule has 0 amide bonds. The molecule has 0 bridgehead atoms. The first-order valence-electron chi connectivity index (χ1n) is 7.89. The molecule has 0 heterocycles. The Morgan fingerprint density at radius 1 is 1.12 bits per heavy atom. The van der Waals surface area contributed by atoms with Gasteiger partial charge in [-0.1, -0.05) is 28.1 Å². The van der Waals surface area contributed by atoms with Crippen molar-refractivity contribution in [3.05, 3.63) is 53.1 Å². The van der Waals surface area contributed by atoms with Crippen molar-refractivity contribution in [3.8, 4) is 16.9 Å². The summed E-state index contributed by atoms with van der Waals surface area (Å²) in [5.41, 5.74) is 1.69. The SMILES string of the molecule is CCOC(=O)Cc1ccc(OC)c(-c2ccc(C(F)(F)F)cc2CBr)c1. The van der Waals surface area contributed by atoms with Crippen molar-refractivity contribution in [2.75, 3.05) is 13.7 Å². The Bertz CT molecular complexity index is 788. The van der Waals surface area contributed by atoms with E-state index in [1.807, 2.05) is 0 Å². The zero-order valence-corrected chi connectivity index (χ0v) is 15.9. The van der Waals surface area contributed by atoms with Gasteiger partial charge in [0.15, 0.2) is 0 Å². The Balaban J connectivity index is 2.50. The van der Waals surface area contributed by atoms with E-state index in [1.165, 1.54) is 13.2 Å². The zero-order chi connectivity index (χ0) is 19.3. The lowest BCUT2D eigenvalue weighted by atomic mass is 9.95. The number of hydrogen-bond acceptors (Lipinski definition) is 3. The predicted octanol–water partition coefficient (Wildman–Crippen LogP) is 5.38. The lowest BCUT2D eigenvalue weighted by Crippen LogP contribution is -2.08. The minimum absolute atomic E-state index is 0.0785. The van der Waals surface area contributed by atoms with Crippen molar-refractivity contribution in [3.63, 3.8) is 0 Å². The number of methoxy groups -OCH3 is 1. The van der Waals surface area contributed by atoms with Crippen molar-refractivity contribution >= 4 is 21.9 Å². The third-order valence-corrected chi connectivity index (χ3v) is 4.39. The summed E-state index contributed by atoms with van der Waals surface area (Å²) in [6, 6.07) is 8.74. The van der Waals surface area contributed by atoms with E-state index >= 15 is 0 Å². The Morgan fingerprint density at radius 2 is 1.85 bits per heavy atom. The van der Waals surface area contributed by atoms with Crippen molar-refractivity contribution in [2.45, 2.75) is 24.9 Å². The quantitative estimate of drug-likeness (QED) is 0.455. The Kier molecular flexibility index (Phi) is 6.69. The number of alkyl halides is 4. The standard InChI is InChI=1S/C19H18BrF3O3/c1-3-26-18(24)9-12-4-7-17(25-2)16(8-12)15-6-5-14(19(21,22)23)10-13(15)11-20/h4-8,10H,3,9,11H2,1-2H3. The normalized spacial score (nSPS) is 11.3. The van der Waals surface area contributed by atoms with Crippen LogP contribution in [0.15, 0.2) is 36.4 Å². The molecule has 0 radical (unpaired) electrons. The first kappa shape index (κ1) is 20.3. The van der Waals surface area contributed by atoms with Gasteiger partial charge in [0.1, 0.15) is 5.75 Å². The third-order valence-electron chi connectivity index (χ3n) is 3.78. The van der Waals surface area contributed by atoms with Crippen molar-refractivity contribution in [1.29, 1.82) is 0 Å². The van der Waals surface area contributed by atoms with Gasteiger partial charge in [-0.25, -0.2) is 0 Å². The Morgan fingerprint density at radius 3 is 2.42 bits per heavy atom. The highest BCUT2D eigenvalue weighted by molar-refractivity contribution is 9.08. The van der Waals surface area contributed by atoms with Crippen LogP contribution in [0.25, 0.3) is 11.1 Å². The predicted molar refractivity (Wildman–Crippen MR) is 96.4 cm³/mol. The van der Waals surface area contributed by atoms with Crippen molar-refractivity contribution < 1.29 is 27.4 Å². The number of esters is 1. The molecule has 0 aliphatic rings. The molecule has 0 saturated carbocycles. The van der Waals surface area contributed by atoms with Crippen LogP contribution in [0.2, 0.25) is 0 Å². The number of rotatable bonds is 6. The Labute approximate surface area is 158 Å². The average molecular weight is 431 g/mol. The second-order valence-electron chi connectivity index (χ2n) is 5.52. The molecule has 0 unspecified atom stereocenters. The lowest BCUT2D eigenvalue weighted by Gasteiger charge is -2.16. The van der Waals surface area contributed by atoms with Gasteiger partial charge < -0.3 is 9.47 Å². The number of carbonyl (C=O) groups excluding carboxylic acids is 1. The molecule has 0 aliphatic carbocycles. The second kappa shape index (κ2) is 8.58. The van der Waals surface area contributed by atoms with Gasteiger partial charge in [0.05, 0.1) is 25.7 Å². The molecule has 0 spiro atoms. The van der Waals surface area contributed by atoms with Gasteiger partial charge in [-0.3, -0.25) is 4.79 Å². The molecular formula is C19H18BrF3O3. The molecule has 2 aromatic carbocycles. The number of benzene rings is 2. The summed E-state index contributed by atoms with van der Waals surface area (Å²) in [5.74, 6) is 0.149. The fraction of sp³-hybridized carbons (Fsp3) is 0.316. The maximum Gasteiger partial charge on any atom is 0.416 e. The van der Waals surface area contributed by atoms with E-state index < -0.39 is 11.7 Å². The van der Waals surface area contributed by atoms with Crippen LogP contribution in [0.4, 0.5) is 13.2 Å². The summed E-state index contributed by atoms with van der Waals surface area (Å²) in [6.07, 6.45) is -4.33. The number of hydrogen-bond donors (Lipinski definition) is 0. The molecule has 0 fully saturated rings. The van der Waals surface area contributed by atoms with Gasteiger partial charge >= 0.3 is 12.1 Å². The highest BCUT2D eigenvalue weighted by Crippen LogP contribution is 2.38. The summed E-state index contributed by atoms with van der Waals surface area (Å²) in [6.45, 7) is 2.01. The number of ether oxygens (including phenoxy) is 2. The minimum atomic E-state index is -4.41. The highest BCUT2D eigenvalue weighted by atomic mass is 79.9. The van der Waals surface area contributed by atoms with Gasteiger partial charge in [0.25, 0.3) is 0 Å². The summed E-state index contributed by atoms with van der Waals surface area (Å²) in [4.78, 5) is 11.7. The van der Waals surface area contributed by atoms with Crippen molar-refractivity contribution in [2.24, 2.45) is 0 Å². The van der Waals surface area contributed by atoms with Crippen molar-refractivity contribution in [1.82, 2.24) is 0 Å². The minimum Gasteiger partial charge on any atom is -0.496 e. The van der Waals surface area contributed by atoms with Gasteiger partial charge in [-0.15, -0.1) is 0 Å². The number of halogens is 4. The summed E-state index contributed by atoms with van der Waals surface area (Å²) in [5, 5.41) is 0.248. The van der Waals surface area contributed by atoms with E-state index in [1.54, 1.807) is 25.1 Å². The lowest BCUT2D eigenvalue weighted by molar-refractivity contribution is -0.142. The molecule has 0 aromatic heterocycles. The first-order chi connectivity index (χ1) is 12.3. The van der Waals surface area contributed by atoms with Crippen LogP contribution < -0.4 is 4.74 Å². The van der Waals surface area contributed by atoms with Crippen LogP contribution >= 0.6 is 15.9 Å². The molecular weight excluding hydrogens is 413 g/mol. The van der Waals surface area contributed by atoms with E-state index in [4.69, 9.17) is 9.47 Å². The third kappa shape index (κ3) is 4.78. The monoisotopic (exact) mass is 430 g/mol. The highest BCUT2D eigenvalue weighted by Gasteiger charge is 2.31. The fourth-order valence-electron chi connectivity index (χ4n) is 2.60. The van der Waals surface area contributed by atoms with Crippen LogP contribution in [-0.4, -0.2) is 19.7 Å². The fourth-order valence-corrected chi connectivity index (χ4v) is 3.06. The molecule has 3 nitrogen and oxygen atoms in total. The van der Waals surface area contributed by atoms with Crippen LogP contribution in [0.3, 0.4) is 0 Å². The van der Waals surface area contributed by atoms with E-state index in [9.17, 15) is 18.0 Å². The molecule has 0 aliphatic heterocycles. The van der Waals surface area contributed by atoms with E-state index in [-0.39, 0.29) is 24.3 Å². The smallest absolute Gasteiger partial charge is 0.416 e. The summed E-state index contributed by atoms with van der Waals surface area (Å²) < 4.78 is 49.2. The molecule has 26 heavy (non-hydrogen) atoms. The molecule has 2 rings (SSSR count). The molecule has 0 N–H and O–H groups in total. The molecule has 0 atom stereocenters. The van der Waals surface area contributed by atoms with Gasteiger partial charge in [-0.05, 0) is 47.9 Å². The maximum absolute atomic E-state index is 13.0. The average Bonchev–Trinajstić information content (AvgIpc) is 2.60. The first-order valence-corrected chi connectivity index (χ1v) is 9.01. The maximum atomic E-state index is 13.0. The van der Waals surface area contributed by atoms with Crippen LogP contribution in [-0.2, 0) is 27.5 Å². The van der Waals surface area contributed by atoms with Crippen LogP contribution in [0.5, 0.6) is 5.75 Å². The van der Waals surface area contributed by atoms with Crippen LogP contribution in [0.1, 0.15) is 23.6 Å². The summed E-state index contributed by atoms with van der Waals surface area (Å²) >= 11 is 3.25. The molecule has 7 heteroatoms. The second-order valence-corrected chi connectivity index (χ2v) is 6.08. The molecule has 2 aromatic rings. The van der Waals surface area contributed by atoms with Gasteiger partial charge in [-0.2, -0.15) is 13.2 Å². The van der Waals surface area contributed by atoms with E-state index in [0.717, 1.165) is 12.1 Å². The van der Waals surface area contributed by atoms with Gasteiger partial charge in [0.2, 0.25) is 0 Å². The van der Waals surface area contributed by atoms with Crippen LogP contribution in [0, 0.1) is 0 Å². The van der Waals surface area contributed by atoms with E-state index in [2.05, 4.69) is 15.9 Å². The van der Waals surface area contributed by atoms with E-state index in [0.29, 0.717) is 28.0 Å². The molecule has 0 saturated heterocycles. The molecule has 140 valence electrons. The largest absolute Gasteiger partial charge is 0.496 e. The Hall–Kier alpha value is -2.02. The zero-order valence-electron chi connectivity index (χ0n) is 14.3. The number of carbonyl (C=O) groups is 1. The summed E-state index contributed by atoms with van der Waals surface area (Å²) in [7, 11) is 1.49.